The Balaban J connectivity index is 1.58. The molecule has 0 fully saturated rings. The monoisotopic (exact) mass is 474 g/mol. The van der Waals surface area contributed by atoms with Gasteiger partial charge in [0.1, 0.15) is 0 Å². The Bertz CT molecular complexity index is 1690. The predicted molar refractivity (Wildman–Crippen MR) is 139 cm³/mol. The molecule has 0 N–H and O–H groups in total. The molecule has 1 aliphatic carbocycles. The van der Waals surface area contributed by atoms with Gasteiger partial charge < -0.3 is 0 Å². The lowest BCUT2D eigenvalue weighted by Crippen LogP contribution is -1.94. The van der Waals surface area contributed by atoms with Crippen molar-refractivity contribution in [2.75, 3.05) is 0 Å². The molecular formula is C28H14N2O2S2. The van der Waals surface area contributed by atoms with Gasteiger partial charge in [0.15, 0.2) is 12.6 Å². The lowest BCUT2D eigenvalue weighted by molar-refractivity contribution is 0.111. The third-order valence-corrected chi connectivity index (χ3v) is 8.34. The van der Waals surface area contributed by atoms with Gasteiger partial charge in [0.05, 0.1) is 32.2 Å². The lowest BCUT2D eigenvalue weighted by atomic mass is 10.0. The van der Waals surface area contributed by atoms with Crippen LogP contribution in [0.2, 0.25) is 0 Å². The number of benzene rings is 3. The summed E-state index contributed by atoms with van der Waals surface area (Å²) in [7, 11) is 0. The predicted octanol–water partition coefficient (Wildman–Crippen LogP) is 7.51. The van der Waals surface area contributed by atoms with Crippen LogP contribution in [0, 0.1) is 0 Å². The minimum Gasteiger partial charge on any atom is -0.297 e. The molecular weight excluding hydrogens is 460 g/mol. The van der Waals surface area contributed by atoms with Crippen LogP contribution < -0.4 is 0 Å². The van der Waals surface area contributed by atoms with Gasteiger partial charge in [0.25, 0.3) is 0 Å². The van der Waals surface area contributed by atoms with E-state index in [0.29, 0.717) is 9.75 Å². The normalized spacial score (nSPS) is 11.8. The molecule has 0 spiro atoms. The van der Waals surface area contributed by atoms with E-state index in [9.17, 15) is 9.59 Å². The van der Waals surface area contributed by atoms with Crippen molar-refractivity contribution in [2.45, 2.75) is 0 Å². The molecule has 0 amide bonds. The Labute approximate surface area is 202 Å². The first-order valence-electron chi connectivity index (χ1n) is 10.7. The molecule has 0 radical (unpaired) electrons. The molecule has 4 nitrogen and oxygen atoms in total. The van der Waals surface area contributed by atoms with Crippen molar-refractivity contribution in [3.05, 3.63) is 82.6 Å². The van der Waals surface area contributed by atoms with Gasteiger partial charge in [0.2, 0.25) is 0 Å². The Morgan fingerprint density at radius 1 is 0.559 bits per heavy atom. The molecule has 6 aromatic rings. The van der Waals surface area contributed by atoms with Crippen molar-refractivity contribution in [2.24, 2.45) is 0 Å². The zero-order chi connectivity index (χ0) is 22.8. The van der Waals surface area contributed by atoms with Gasteiger partial charge in [-0.3, -0.25) is 9.59 Å². The van der Waals surface area contributed by atoms with Crippen molar-refractivity contribution in [3.8, 4) is 43.4 Å². The number of aldehydes is 2. The molecule has 6 heteroatoms. The third kappa shape index (κ3) is 2.70. The molecule has 0 saturated heterocycles. The largest absolute Gasteiger partial charge is 0.297 e. The number of hydrogen-bond donors (Lipinski definition) is 0. The molecule has 160 valence electrons. The second kappa shape index (κ2) is 7.25. The summed E-state index contributed by atoms with van der Waals surface area (Å²) < 4.78 is 0. The lowest BCUT2D eigenvalue weighted by Gasteiger charge is -2.11. The highest BCUT2D eigenvalue weighted by molar-refractivity contribution is 7.17. The number of hydrogen-bond acceptors (Lipinski definition) is 6. The molecule has 34 heavy (non-hydrogen) atoms. The van der Waals surface area contributed by atoms with Gasteiger partial charge in [-0.1, -0.05) is 48.5 Å². The van der Waals surface area contributed by atoms with E-state index < -0.39 is 0 Å². The molecule has 3 heterocycles. The van der Waals surface area contributed by atoms with Gasteiger partial charge in [0, 0.05) is 37.4 Å². The summed E-state index contributed by atoms with van der Waals surface area (Å²) in [6, 6.07) is 24.2. The number of rotatable bonds is 4. The van der Waals surface area contributed by atoms with Crippen molar-refractivity contribution in [1.82, 2.24) is 9.97 Å². The van der Waals surface area contributed by atoms with Crippen molar-refractivity contribution < 1.29 is 9.59 Å². The maximum Gasteiger partial charge on any atom is 0.160 e. The van der Waals surface area contributed by atoms with Crippen LogP contribution in [0.4, 0.5) is 0 Å². The Morgan fingerprint density at radius 2 is 1.06 bits per heavy atom. The third-order valence-electron chi connectivity index (χ3n) is 6.25. The van der Waals surface area contributed by atoms with Crippen LogP contribution in [-0.4, -0.2) is 22.5 Å². The maximum absolute atomic E-state index is 11.3. The molecule has 0 aliphatic heterocycles. The van der Waals surface area contributed by atoms with E-state index in [0.717, 1.165) is 67.0 Å². The number of carbonyl (C=O) groups excluding carboxylic acids is 2. The summed E-state index contributed by atoms with van der Waals surface area (Å²) in [6.07, 6.45) is 1.75. The van der Waals surface area contributed by atoms with E-state index in [2.05, 4.69) is 36.4 Å². The number of thiophene rings is 2. The molecule has 0 atom stereocenters. The fourth-order valence-corrected chi connectivity index (χ4v) is 6.46. The van der Waals surface area contributed by atoms with E-state index in [1.54, 1.807) is 0 Å². The minimum atomic E-state index is 0.674. The van der Waals surface area contributed by atoms with Crippen molar-refractivity contribution >= 4 is 57.1 Å². The summed E-state index contributed by atoms with van der Waals surface area (Å²) in [5.41, 5.74) is 7.42. The summed E-state index contributed by atoms with van der Waals surface area (Å²) >= 11 is 2.89. The standard InChI is InChI=1S/C28H14N2O2S2/c31-13-16-7-11-22(33-16)18-9-10-19(23-12-8-17(14-32)34-23)26-25(18)29-27-20-5-1-3-15-4-2-6-21(24(15)20)28(27)30-26/h1-14H. The van der Waals surface area contributed by atoms with Crippen molar-refractivity contribution in [3.63, 3.8) is 0 Å². The average molecular weight is 475 g/mol. The fourth-order valence-electron chi connectivity index (χ4n) is 4.77. The van der Waals surface area contributed by atoms with Gasteiger partial charge in [-0.2, -0.15) is 0 Å². The smallest absolute Gasteiger partial charge is 0.160 e. The van der Waals surface area contributed by atoms with Gasteiger partial charge in [-0.25, -0.2) is 9.97 Å². The highest BCUT2D eigenvalue weighted by Crippen LogP contribution is 2.48. The van der Waals surface area contributed by atoms with Crippen LogP contribution in [0.25, 0.3) is 65.2 Å². The topological polar surface area (TPSA) is 59.9 Å². The minimum absolute atomic E-state index is 0.674. The summed E-state index contributed by atoms with van der Waals surface area (Å²) in [6.45, 7) is 0. The van der Waals surface area contributed by atoms with E-state index in [1.165, 1.54) is 33.4 Å². The Morgan fingerprint density at radius 3 is 1.50 bits per heavy atom. The highest BCUT2D eigenvalue weighted by atomic mass is 32.1. The zero-order valence-electron chi connectivity index (χ0n) is 17.6. The summed E-state index contributed by atoms with van der Waals surface area (Å²) in [4.78, 5) is 36.4. The first kappa shape index (κ1) is 19.5. The summed E-state index contributed by atoms with van der Waals surface area (Å²) in [5, 5.41) is 2.35. The first-order chi connectivity index (χ1) is 16.7. The van der Waals surface area contributed by atoms with Crippen LogP contribution in [0.1, 0.15) is 19.3 Å². The summed E-state index contributed by atoms with van der Waals surface area (Å²) in [5.74, 6) is 0. The average Bonchev–Trinajstić information content (AvgIpc) is 3.62. The van der Waals surface area contributed by atoms with Gasteiger partial charge >= 0.3 is 0 Å². The van der Waals surface area contributed by atoms with E-state index in [-0.39, 0.29) is 0 Å². The van der Waals surface area contributed by atoms with Crippen LogP contribution in [0.3, 0.4) is 0 Å². The first-order valence-corrected chi connectivity index (χ1v) is 12.4. The Hall–Kier alpha value is -4.00. The van der Waals surface area contributed by atoms with Crippen molar-refractivity contribution in [1.29, 1.82) is 0 Å². The molecule has 1 aliphatic rings. The number of nitrogens with zero attached hydrogens (tertiary/aromatic N) is 2. The second-order valence-corrected chi connectivity index (χ2v) is 10.4. The van der Waals surface area contributed by atoms with Crippen LogP contribution >= 0.6 is 22.7 Å². The van der Waals surface area contributed by atoms with E-state index in [4.69, 9.17) is 9.97 Å². The maximum atomic E-state index is 11.3. The van der Waals surface area contributed by atoms with E-state index >= 15 is 0 Å². The van der Waals surface area contributed by atoms with Gasteiger partial charge in [-0.05, 0) is 29.7 Å². The molecule has 3 aromatic carbocycles. The molecule has 0 saturated carbocycles. The molecule has 3 aromatic heterocycles. The van der Waals surface area contributed by atoms with Crippen LogP contribution in [-0.2, 0) is 0 Å². The van der Waals surface area contributed by atoms with Crippen LogP contribution in [0.15, 0.2) is 72.8 Å². The quantitative estimate of drug-likeness (QED) is 0.248. The number of carbonyl (C=O) groups is 2. The molecule has 0 bridgehead atoms. The zero-order valence-corrected chi connectivity index (χ0v) is 19.2. The Kier molecular flexibility index (Phi) is 4.15. The number of aromatic nitrogens is 2. The second-order valence-electron chi connectivity index (χ2n) is 8.13. The molecule has 7 rings (SSSR count). The highest BCUT2D eigenvalue weighted by Gasteiger charge is 2.26. The van der Waals surface area contributed by atoms with E-state index in [1.807, 2.05) is 36.4 Å². The number of fused-ring (bicyclic) bond motifs is 4. The van der Waals surface area contributed by atoms with Gasteiger partial charge in [-0.15, -0.1) is 22.7 Å². The SMILES string of the molecule is O=Cc1ccc(-c2ccc(-c3ccc(C=O)s3)c3nc4c(nc23)-c2cccc3cccc-4c23)s1. The van der Waals surface area contributed by atoms with Crippen LogP contribution in [0.5, 0.6) is 0 Å². The fraction of sp³-hybridized carbons (Fsp3) is 0. The molecule has 0 unspecified atom stereocenters.